The number of nitrogen functional groups attached to an aromatic ring is 1. The smallest absolute Gasteiger partial charge is 0.120 e. The number of nitrogens with one attached hydrogen (secondary N) is 1. The van der Waals surface area contributed by atoms with Crippen molar-refractivity contribution in [1.82, 2.24) is 9.55 Å². The third kappa shape index (κ3) is 1.11. The van der Waals surface area contributed by atoms with E-state index in [2.05, 4.69) is 36.5 Å². The van der Waals surface area contributed by atoms with Crippen molar-refractivity contribution >= 4 is 16.7 Å². The summed E-state index contributed by atoms with van der Waals surface area (Å²) in [6.07, 6.45) is 3.91. The molecule has 0 aliphatic heterocycles. The minimum absolute atomic E-state index is 0.0963. The minimum atomic E-state index is 0.0963. The van der Waals surface area contributed by atoms with Gasteiger partial charge in [-0.2, -0.15) is 0 Å². The van der Waals surface area contributed by atoms with Crippen molar-refractivity contribution in [1.29, 1.82) is 0 Å². The molecule has 0 atom stereocenters. The molecule has 0 amide bonds. The van der Waals surface area contributed by atoms with E-state index >= 15 is 0 Å². The fraction of sp³-hybridized carbons (Fsp3) is 0.400. The average Bonchev–Trinajstić information content (AvgIpc) is 2.51. The van der Waals surface area contributed by atoms with Crippen LogP contribution in [0.4, 0.5) is 5.69 Å². The Morgan fingerprint density at radius 1 is 1.38 bits per heavy atom. The number of aromatic nitrogens is 2. The predicted molar refractivity (Wildman–Crippen MR) is 55.7 cm³/mol. The van der Waals surface area contributed by atoms with Crippen LogP contribution in [0.25, 0.3) is 11.0 Å². The maximum absolute atomic E-state index is 5.79. The number of aromatic amines is 1. The first-order valence-electron chi connectivity index (χ1n) is 4.44. The molecule has 2 aromatic heterocycles. The molecule has 2 heterocycles. The fourth-order valence-corrected chi connectivity index (χ4v) is 1.60. The minimum Gasteiger partial charge on any atom is -0.397 e. The average molecular weight is 177 g/mol. The Balaban J connectivity index is 2.72. The normalized spacial score (nSPS) is 12.5. The zero-order chi connectivity index (χ0) is 9.64. The molecule has 0 aliphatic rings. The summed E-state index contributed by atoms with van der Waals surface area (Å²) < 4.78 is 2.19. The van der Waals surface area contributed by atoms with E-state index in [0.717, 1.165) is 16.7 Å². The fourth-order valence-electron chi connectivity index (χ4n) is 1.60. The molecule has 0 unspecified atom stereocenters. The molecule has 2 aromatic rings. The third-order valence-electron chi connectivity index (χ3n) is 2.28. The maximum atomic E-state index is 5.79. The summed E-state index contributed by atoms with van der Waals surface area (Å²) in [6.45, 7) is 6.51. The van der Waals surface area contributed by atoms with Crippen molar-refractivity contribution in [3.63, 3.8) is 0 Å². The van der Waals surface area contributed by atoms with Crippen LogP contribution in [0.3, 0.4) is 0 Å². The lowest BCUT2D eigenvalue weighted by molar-refractivity contribution is 0.409. The van der Waals surface area contributed by atoms with Gasteiger partial charge in [-0.3, -0.25) is 0 Å². The van der Waals surface area contributed by atoms with E-state index in [1.807, 2.05) is 12.3 Å². The van der Waals surface area contributed by atoms with Crippen molar-refractivity contribution < 1.29 is 0 Å². The maximum Gasteiger partial charge on any atom is 0.120 e. The number of H-pyrrole nitrogens is 1. The zero-order valence-electron chi connectivity index (χ0n) is 8.26. The Hall–Kier alpha value is -1.38. The Kier molecular flexibility index (Phi) is 1.46. The molecule has 0 aliphatic carbocycles. The standard InChI is InChI=1S/C10H15N3/c1-10(2,3)13-5-4-7-8(11)6-12-9(7)13/h4-6,12H,11H2,1-3H3. The molecule has 2 rings (SSSR count). The van der Waals surface area contributed by atoms with Gasteiger partial charge in [-0.25, -0.2) is 0 Å². The van der Waals surface area contributed by atoms with Gasteiger partial charge < -0.3 is 15.3 Å². The van der Waals surface area contributed by atoms with E-state index in [4.69, 9.17) is 5.73 Å². The molecule has 0 saturated carbocycles. The van der Waals surface area contributed by atoms with E-state index in [-0.39, 0.29) is 5.54 Å². The van der Waals surface area contributed by atoms with Crippen LogP contribution in [-0.2, 0) is 5.54 Å². The van der Waals surface area contributed by atoms with Gasteiger partial charge in [0.1, 0.15) is 5.65 Å². The number of hydrogen-bond acceptors (Lipinski definition) is 1. The first kappa shape index (κ1) is 8.23. The second-order valence-electron chi connectivity index (χ2n) is 4.36. The highest BCUT2D eigenvalue weighted by molar-refractivity contribution is 5.89. The van der Waals surface area contributed by atoms with Crippen LogP contribution in [0.2, 0.25) is 0 Å². The van der Waals surface area contributed by atoms with Gasteiger partial charge in [0.15, 0.2) is 0 Å². The van der Waals surface area contributed by atoms with Crippen molar-refractivity contribution in [2.24, 2.45) is 0 Å². The highest BCUT2D eigenvalue weighted by Gasteiger charge is 2.16. The summed E-state index contributed by atoms with van der Waals surface area (Å²) in [5.74, 6) is 0. The topological polar surface area (TPSA) is 46.7 Å². The van der Waals surface area contributed by atoms with Crippen molar-refractivity contribution in [3.05, 3.63) is 18.5 Å². The summed E-state index contributed by atoms with van der Waals surface area (Å²) in [4.78, 5) is 3.18. The number of nitrogens with zero attached hydrogens (tertiary/aromatic N) is 1. The summed E-state index contributed by atoms with van der Waals surface area (Å²) in [7, 11) is 0. The van der Waals surface area contributed by atoms with Gasteiger partial charge in [-0.05, 0) is 26.8 Å². The molecule has 0 aromatic carbocycles. The van der Waals surface area contributed by atoms with Crippen LogP contribution in [0, 0.1) is 0 Å². The van der Waals surface area contributed by atoms with Gasteiger partial charge in [0.05, 0.1) is 5.69 Å². The van der Waals surface area contributed by atoms with Crippen LogP contribution in [0.15, 0.2) is 18.5 Å². The van der Waals surface area contributed by atoms with E-state index in [1.165, 1.54) is 0 Å². The Bertz CT molecular complexity index is 428. The quantitative estimate of drug-likeness (QED) is 0.637. The van der Waals surface area contributed by atoms with Gasteiger partial charge in [0.2, 0.25) is 0 Å². The molecule has 0 saturated heterocycles. The molecular formula is C10H15N3. The van der Waals surface area contributed by atoms with E-state index in [0.29, 0.717) is 0 Å². The van der Waals surface area contributed by atoms with Gasteiger partial charge in [0, 0.05) is 23.3 Å². The Morgan fingerprint density at radius 3 is 2.69 bits per heavy atom. The molecule has 0 radical (unpaired) electrons. The summed E-state index contributed by atoms with van der Waals surface area (Å²) >= 11 is 0. The molecule has 0 spiro atoms. The zero-order valence-corrected chi connectivity index (χ0v) is 8.26. The van der Waals surface area contributed by atoms with Crippen LogP contribution >= 0.6 is 0 Å². The molecule has 3 heteroatoms. The Labute approximate surface area is 77.5 Å². The van der Waals surface area contributed by atoms with Crippen LogP contribution in [0.1, 0.15) is 20.8 Å². The van der Waals surface area contributed by atoms with Crippen LogP contribution in [-0.4, -0.2) is 9.55 Å². The van der Waals surface area contributed by atoms with Gasteiger partial charge in [0.25, 0.3) is 0 Å². The lowest BCUT2D eigenvalue weighted by Gasteiger charge is -2.21. The molecule has 0 fully saturated rings. The summed E-state index contributed by atoms with van der Waals surface area (Å²) in [6, 6.07) is 2.05. The molecule has 13 heavy (non-hydrogen) atoms. The summed E-state index contributed by atoms with van der Waals surface area (Å²) in [5, 5.41) is 1.11. The molecule has 70 valence electrons. The number of anilines is 1. The van der Waals surface area contributed by atoms with Crippen LogP contribution < -0.4 is 5.73 Å². The van der Waals surface area contributed by atoms with E-state index in [1.54, 1.807) is 0 Å². The number of fused-ring (bicyclic) bond motifs is 1. The largest absolute Gasteiger partial charge is 0.397 e. The van der Waals surface area contributed by atoms with E-state index < -0.39 is 0 Å². The second kappa shape index (κ2) is 2.31. The predicted octanol–water partition coefficient (Wildman–Crippen LogP) is 2.31. The molecule has 3 nitrogen and oxygen atoms in total. The Morgan fingerprint density at radius 2 is 2.08 bits per heavy atom. The second-order valence-corrected chi connectivity index (χ2v) is 4.36. The van der Waals surface area contributed by atoms with Gasteiger partial charge in [-0.1, -0.05) is 0 Å². The molecule has 0 bridgehead atoms. The van der Waals surface area contributed by atoms with E-state index in [9.17, 15) is 0 Å². The van der Waals surface area contributed by atoms with Gasteiger partial charge >= 0.3 is 0 Å². The van der Waals surface area contributed by atoms with Crippen molar-refractivity contribution in [3.8, 4) is 0 Å². The lowest BCUT2D eigenvalue weighted by atomic mass is 10.1. The first-order chi connectivity index (χ1) is 6.00. The lowest BCUT2D eigenvalue weighted by Crippen LogP contribution is -2.20. The highest BCUT2D eigenvalue weighted by atomic mass is 15.1. The molecular weight excluding hydrogens is 162 g/mol. The van der Waals surface area contributed by atoms with Crippen molar-refractivity contribution in [2.75, 3.05) is 5.73 Å². The monoisotopic (exact) mass is 177 g/mol. The van der Waals surface area contributed by atoms with Crippen LogP contribution in [0.5, 0.6) is 0 Å². The first-order valence-corrected chi connectivity index (χ1v) is 4.44. The number of rotatable bonds is 0. The number of hydrogen-bond donors (Lipinski definition) is 2. The van der Waals surface area contributed by atoms with Crippen molar-refractivity contribution in [2.45, 2.75) is 26.3 Å². The summed E-state index contributed by atoms with van der Waals surface area (Å²) in [5.41, 5.74) is 7.80. The van der Waals surface area contributed by atoms with Gasteiger partial charge in [-0.15, -0.1) is 0 Å². The highest BCUT2D eigenvalue weighted by Crippen LogP contribution is 2.26. The number of nitrogens with two attached hydrogens (primary N) is 1. The SMILES string of the molecule is CC(C)(C)n1ccc2c(N)c[nH]c21. The molecule has 3 N–H and O–H groups in total. The third-order valence-corrected chi connectivity index (χ3v) is 2.28.